The van der Waals surface area contributed by atoms with Gasteiger partial charge in [-0.15, -0.1) is 0 Å². The number of aliphatic hydroxyl groups is 1. The van der Waals surface area contributed by atoms with Crippen LogP contribution in [-0.2, 0) is 46.2 Å². The lowest BCUT2D eigenvalue weighted by molar-refractivity contribution is -0.161. The van der Waals surface area contributed by atoms with Crippen LogP contribution >= 0.6 is 0 Å². The van der Waals surface area contributed by atoms with Crippen molar-refractivity contribution < 1.29 is 42.9 Å². The summed E-state index contributed by atoms with van der Waals surface area (Å²) in [5.74, 6) is -2.38. The number of hydrogen-bond donors (Lipinski definition) is 1. The molecule has 1 aliphatic heterocycles. The maximum Gasteiger partial charge on any atom is 0.303 e. The summed E-state index contributed by atoms with van der Waals surface area (Å²) >= 11 is 0. The van der Waals surface area contributed by atoms with Gasteiger partial charge in [0, 0.05) is 26.5 Å². The van der Waals surface area contributed by atoms with Crippen molar-refractivity contribution in [3.8, 4) is 0 Å². The number of anilines is 1. The zero-order valence-electron chi connectivity index (χ0n) is 27.2. The van der Waals surface area contributed by atoms with E-state index in [0.717, 1.165) is 28.8 Å². The third-order valence-electron chi connectivity index (χ3n) is 8.42. The van der Waals surface area contributed by atoms with Gasteiger partial charge in [-0.05, 0) is 78.6 Å². The van der Waals surface area contributed by atoms with E-state index in [1.54, 1.807) is 17.0 Å². The maximum atomic E-state index is 13.7. The first-order valence-electron chi connectivity index (χ1n) is 15.8. The van der Waals surface area contributed by atoms with Crippen LogP contribution in [0.5, 0.6) is 0 Å². The number of amides is 1. The smallest absolute Gasteiger partial charge is 0.303 e. The molecule has 1 amide bonds. The maximum absolute atomic E-state index is 13.7. The molecule has 3 atom stereocenters. The van der Waals surface area contributed by atoms with E-state index in [9.17, 15) is 28.7 Å². The van der Waals surface area contributed by atoms with Crippen molar-refractivity contribution in [1.29, 1.82) is 0 Å². The van der Waals surface area contributed by atoms with Crippen molar-refractivity contribution in [2.24, 2.45) is 5.92 Å². The van der Waals surface area contributed by atoms with E-state index in [4.69, 9.17) is 14.2 Å². The minimum Gasteiger partial charge on any atom is -0.463 e. The SMILES string of the molecule is CCc1ccc(N2C(=O)[C@H](CCC(OC(C)=O)c3ccc(F)cc3)[C@H]2c2ccc(CCC(O)(COC(C)=O)COC(C)=O)cc2)cc1. The first-order valence-corrected chi connectivity index (χ1v) is 15.8. The number of hydrogen-bond acceptors (Lipinski definition) is 8. The summed E-state index contributed by atoms with van der Waals surface area (Å²) in [6.45, 7) is 5.26. The monoisotopic (exact) mass is 647 g/mol. The molecule has 1 aliphatic rings. The number of carbonyl (C=O) groups is 4. The summed E-state index contributed by atoms with van der Waals surface area (Å²) < 4.78 is 29.2. The molecule has 0 aliphatic carbocycles. The van der Waals surface area contributed by atoms with Crippen molar-refractivity contribution in [2.75, 3.05) is 18.1 Å². The van der Waals surface area contributed by atoms with Crippen molar-refractivity contribution in [3.05, 3.63) is 101 Å². The predicted octanol–water partition coefficient (Wildman–Crippen LogP) is 5.97. The number of rotatable bonds is 15. The standard InChI is InChI=1S/C37H42FNO8/c1-5-27-8-16-32(17-9-27)39-35(33(36(39)43)18-19-34(47-26(4)42)29-12-14-31(38)15-13-29)30-10-6-28(7-11-30)20-21-37(44,22-45-24(2)40)23-46-25(3)41/h6-17,33-35,44H,5,18-23H2,1-4H3/t33-,34?,35-/m1/s1. The summed E-state index contributed by atoms with van der Waals surface area (Å²) in [6, 6.07) is 21.2. The largest absolute Gasteiger partial charge is 0.463 e. The molecule has 250 valence electrons. The minimum absolute atomic E-state index is 0.0370. The highest BCUT2D eigenvalue weighted by molar-refractivity contribution is 6.03. The van der Waals surface area contributed by atoms with Gasteiger partial charge in [0.2, 0.25) is 5.91 Å². The average Bonchev–Trinajstić information content (AvgIpc) is 3.05. The van der Waals surface area contributed by atoms with Gasteiger partial charge in [0.15, 0.2) is 0 Å². The van der Waals surface area contributed by atoms with Gasteiger partial charge in [-0.25, -0.2) is 4.39 Å². The highest BCUT2D eigenvalue weighted by Crippen LogP contribution is 2.46. The van der Waals surface area contributed by atoms with Crippen LogP contribution in [0.25, 0.3) is 0 Å². The molecule has 9 nitrogen and oxygen atoms in total. The summed E-state index contributed by atoms with van der Waals surface area (Å²) in [4.78, 5) is 50.1. The highest BCUT2D eigenvalue weighted by Gasteiger charge is 2.48. The van der Waals surface area contributed by atoms with Crippen LogP contribution in [-0.4, -0.2) is 47.7 Å². The molecular formula is C37H42FNO8. The number of ether oxygens (including phenoxy) is 3. The molecule has 10 heteroatoms. The van der Waals surface area contributed by atoms with E-state index < -0.39 is 35.4 Å². The second-order valence-corrected chi connectivity index (χ2v) is 12.0. The topological polar surface area (TPSA) is 119 Å². The van der Waals surface area contributed by atoms with E-state index in [1.165, 1.54) is 32.9 Å². The Balaban J connectivity index is 1.54. The average molecular weight is 648 g/mol. The predicted molar refractivity (Wildman–Crippen MR) is 173 cm³/mol. The number of nitrogens with zero attached hydrogens (tertiary/aromatic N) is 1. The van der Waals surface area contributed by atoms with Crippen LogP contribution in [0.2, 0.25) is 0 Å². The van der Waals surface area contributed by atoms with Gasteiger partial charge in [0.25, 0.3) is 0 Å². The van der Waals surface area contributed by atoms with E-state index in [0.29, 0.717) is 24.8 Å². The van der Waals surface area contributed by atoms with E-state index in [-0.39, 0.29) is 37.5 Å². The summed E-state index contributed by atoms with van der Waals surface area (Å²) in [5, 5.41) is 11.0. The van der Waals surface area contributed by atoms with Crippen LogP contribution in [0, 0.1) is 11.7 Å². The molecule has 47 heavy (non-hydrogen) atoms. The van der Waals surface area contributed by atoms with Crippen LogP contribution < -0.4 is 4.90 Å². The zero-order valence-corrected chi connectivity index (χ0v) is 27.2. The number of aryl methyl sites for hydroxylation is 2. The van der Waals surface area contributed by atoms with Gasteiger partial charge in [0.05, 0.1) is 12.0 Å². The lowest BCUT2D eigenvalue weighted by atomic mass is 9.78. The number of benzene rings is 3. The Hall–Kier alpha value is -4.57. The molecule has 3 aromatic rings. The Morgan fingerprint density at radius 2 is 1.43 bits per heavy atom. The minimum atomic E-state index is -1.55. The molecule has 3 aromatic carbocycles. The Morgan fingerprint density at radius 1 is 0.851 bits per heavy atom. The van der Waals surface area contributed by atoms with Gasteiger partial charge in [0.1, 0.15) is 30.7 Å². The van der Waals surface area contributed by atoms with Crippen molar-refractivity contribution in [3.63, 3.8) is 0 Å². The lowest BCUT2D eigenvalue weighted by Gasteiger charge is -2.48. The number of esters is 3. The molecule has 1 N–H and O–H groups in total. The van der Waals surface area contributed by atoms with Gasteiger partial charge in [-0.1, -0.05) is 55.5 Å². The van der Waals surface area contributed by atoms with Gasteiger partial charge < -0.3 is 24.2 Å². The molecule has 4 rings (SSSR count). The van der Waals surface area contributed by atoms with Gasteiger partial charge in [-0.3, -0.25) is 19.2 Å². The van der Waals surface area contributed by atoms with Crippen molar-refractivity contribution in [1.82, 2.24) is 0 Å². The fourth-order valence-corrected chi connectivity index (χ4v) is 5.81. The quantitative estimate of drug-likeness (QED) is 0.122. The van der Waals surface area contributed by atoms with Gasteiger partial charge >= 0.3 is 17.9 Å². The number of carbonyl (C=O) groups excluding carboxylic acids is 4. The molecule has 1 saturated heterocycles. The van der Waals surface area contributed by atoms with Crippen LogP contribution in [0.3, 0.4) is 0 Å². The van der Waals surface area contributed by atoms with Crippen LogP contribution in [0.4, 0.5) is 10.1 Å². The van der Waals surface area contributed by atoms with Crippen LogP contribution in [0.15, 0.2) is 72.8 Å². The molecule has 1 heterocycles. The molecule has 0 radical (unpaired) electrons. The van der Waals surface area contributed by atoms with E-state index in [2.05, 4.69) is 6.92 Å². The third-order valence-corrected chi connectivity index (χ3v) is 8.42. The fourth-order valence-electron chi connectivity index (χ4n) is 5.81. The summed E-state index contributed by atoms with van der Waals surface area (Å²) in [7, 11) is 0. The molecule has 1 fully saturated rings. The Bertz CT molecular complexity index is 1520. The first-order chi connectivity index (χ1) is 22.4. The van der Waals surface area contributed by atoms with E-state index >= 15 is 0 Å². The third kappa shape index (κ3) is 9.48. The Labute approximate surface area is 274 Å². The van der Waals surface area contributed by atoms with Crippen molar-refractivity contribution in [2.45, 2.75) is 77.5 Å². The molecule has 0 aromatic heterocycles. The molecule has 0 saturated carbocycles. The second-order valence-electron chi connectivity index (χ2n) is 12.0. The number of β-lactam (4-membered cyclic amide) rings is 1. The molecule has 1 unspecified atom stereocenters. The van der Waals surface area contributed by atoms with E-state index in [1.807, 2.05) is 48.5 Å². The fraction of sp³-hybridized carbons (Fsp3) is 0.405. The first kappa shape index (κ1) is 35.3. The lowest BCUT2D eigenvalue weighted by Crippen LogP contribution is -2.55. The normalized spacial score (nSPS) is 16.6. The van der Waals surface area contributed by atoms with Gasteiger partial charge in [-0.2, -0.15) is 0 Å². The Morgan fingerprint density at radius 3 is 1.96 bits per heavy atom. The molecule has 0 spiro atoms. The summed E-state index contributed by atoms with van der Waals surface area (Å²) in [5.41, 5.74) is 2.86. The second kappa shape index (κ2) is 15.8. The molecular weight excluding hydrogens is 605 g/mol. The molecule has 0 bridgehead atoms. The van der Waals surface area contributed by atoms with Crippen molar-refractivity contribution >= 4 is 29.5 Å². The Kier molecular flexibility index (Phi) is 11.9. The number of halogens is 1. The highest BCUT2D eigenvalue weighted by atomic mass is 19.1. The van der Waals surface area contributed by atoms with Crippen LogP contribution in [0.1, 0.15) is 81.4 Å². The zero-order chi connectivity index (χ0) is 34.1. The summed E-state index contributed by atoms with van der Waals surface area (Å²) in [6.07, 6.45) is 1.65.